The third-order valence-corrected chi connectivity index (χ3v) is 9.44. The van der Waals surface area contributed by atoms with E-state index >= 15 is 0 Å². The van der Waals surface area contributed by atoms with E-state index in [1.165, 1.54) is 10.8 Å². The minimum absolute atomic E-state index is 0.283. The maximum absolute atomic E-state index is 10.0. The molecule has 0 saturated heterocycles. The Balaban J connectivity index is 1.34. The molecule has 0 radical (unpaired) electrons. The lowest BCUT2D eigenvalue weighted by molar-refractivity contribution is 0.579. The van der Waals surface area contributed by atoms with Gasteiger partial charge < -0.3 is 9.88 Å². The van der Waals surface area contributed by atoms with Gasteiger partial charge in [-0.3, -0.25) is 4.57 Å². The molecule has 5 nitrogen and oxygen atoms in total. The fraction of sp³-hybridized carbons (Fsp3) is 0.0233. The summed E-state index contributed by atoms with van der Waals surface area (Å²) < 4.78 is 4.65. The molecule has 1 aliphatic rings. The second-order valence-corrected chi connectivity index (χ2v) is 12.0. The van der Waals surface area contributed by atoms with Gasteiger partial charge in [0, 0.05) is 27.1 Å². The van der Waals surface area contributed by atoms with Crippen LogP contribution in [0.3, 0.4) is 0 Å². The Morgan fingerprint density at radius 1 is 0.521 bits per heavy atom. The molecule has 1 aliphatic heterocycles. The van der Waals surface area contributed by atoms with Crippen LogP contribution in [0.4, 0.5) is 0 Å². The van der Waals surface area contributed by atoms with E-state index < -0.39 is 0 Å². The average Bonchev–Trinajstić information content (AvgIpc) is 3.67. The fourth-order valence-corrected chi connectivity index (χ4v) is 7.38. The Morgan fingerprint density at radius 3 is 1.77 bits per heavy atom. The summed E-state index contributed by atoms with van der Waals surface area (Å²) in [4.78, 5) is 0. The Hall–Kier alpha value is -6.82. The largest absolute Gasteiger partial charge is 0.347 e. The predicted molar refractivity (Wildman–Crippen MR) is 195 cm³/mol. The molecule has 5 heteroatoms. The highest BCUT2D eigenvalue weighted by atomic mass is 15.3. The van der Waals surface area contributed by atoms with Gasteiger partial charge in [-0.15, -0.1) is 0 Å². The van der Waals surface area contributed by atoms with Gasteiger partial charge in [0.1, 0.15) is 12.0 Å². The van der Waals surface area contributed by atoms with Gasteiger partial charge in [-0.2, -0.15) is 10.5 Å². The first-order valence-electron chi connectivity index (χ1n) is 15.9. The lowest BCUT2D eigenvalue weighted by atomic mass is 9.90. The molecule has 0 bridgehead atoms. The Morgan fingerprint density at radius 2 is 1.08 bits per heavy atom. The summed E-state index contributed by atoms with van der Waals surface area (Å²) in [5, 5.41) is 28.2. The second-order valence-electron chi connectivity index (χ2n) is 12.0. The third-order valence-electron chi connectivity index (χ3n) is 9.44. The molecule has 1 atom stereocenters. The monoisotopic (exact) mass is 613 g/mol. The normalized spacial score (nSPS) is 14.4. The van der Waals surface area contributed by atoms with Gasteiger partial charge >= 0.3 is 0 Å². The molecule has 6 aromatic carbocycles. The summed E-state index contributed by atoms with van der Waals surface area (Å²) in [7, 11) is 0. The summed E-state index contributed by atoms with van der Waals surface area (Å²) in [6.07, 6.45) is 4.22. The van der Waals surface area contributed by atoms with E-state index in [4.69, 9.17) is 0 Å². The van der Waals surface area contributed by atoms with Crippen molar-refractivity contribution in [2.45, 2.75) is 6.17 Å². The number of hydrogen-bond donors (Lipinski definition) is 1. The summed E-state index contributed by atoms with van der Waals surface area (Å²) >= 11 is 0. The second kappa shape index (κ2) is 10.9. The van der Waals surface area contributed by atoms with Gasteiger partial charge in [0.15, 0.2) is 0 Å². The van der Waals surface area contributed by atoms with E-state index in [0.717, 1.165) is 60.9 Å². The summed E-state index contributed by atoms with van der Waals surface area (Å²) in [5.74, 6) is 0.942. The van der Waals surface area contributed by atoms with Crippen LogP contribution in [0, 0.1) is 22.7 Å². The Labute approximate surface area is 277 Å². The van der Waals surface area contributed by atoms with Crippen LogP contribution in [0.15, 0.2) is 152 Å². The standard InChI is InChI=1S/C43H27N5/c44-26-28-21-22-41-37(23-28)36-17-7-10-20-40(36)48(41)43-25-30(32-13-3-4-14-33(32)31-12-2-1-11-29(31)27-45)24-42(46-43)47-38-18-8-5-15-34(38)35-16-6-9-19-39(35)47/h1-25,43,46H. The van der Waals surface area contributed by atoms with Crippen LogP contribution in [-0.4, -0.2) is 9.13 Å². The van der Waals surface area contributed by atoms with Crippen molar-refractivity contribution in [2.75, 3.05) is 0 Å². The Kier molecular flexibility index (Phi) is 6.25. The lowest BCUT2D eigenvalue weighted by Crippen LogP contribution is -2.29. The Bertz CT molecular complexity index is 2690. The van der Waals surface area contributed by atoms with Crippen LogP contribution in [0.2, 0.25) is 0 Å². The molecule has 0 fully saturated rings. The first-order valence-corrected chi connectivity index (χ1v) is 15.9. The molecule has 9 rings (SSSR count). The van der Waals surface area contributed by atoms with E-state index in [0.29, 0.717) is 11.1 Å². The molecule has 0 amide bonds. The van der Waals surface area contributed by atoms with Crippen LogP contribution >= 0.6 is 0 Å². The molecule has 0 aliphatic carbocycles. The van der Waals surface area contributed by atoms with E-state index in [1.807, 2.05) is 48.5 Å². The van der Waals surface area contributed by atoms with E-state index in [2.05, 4.69) is 130 Å². The minimum Gasteiger partial charge on any atom is -0.347 e. The van der Waals surface area contributed by atoms with Crippen molar-refractivity contribution in [1.29, 1.82) is 10.5 Å². The highest BCUT2D eigenvalue weighted by Crippen LogP contribution is 2.40. The number of fused-ring (bicyclic) bond motifs is 6. The first-order chi connectivity index (χ1) is 23.7. The van der Waals surface area contributed by atoms with Crippen molar-refractivity contribution in [3.8, 4) is 23.3 Å². The number of allylic oxidation sites excluding steroid dienone is 2. The van der Waals surface area contributed by atoms with Gasteiger partial charge in [-0.25, -0.2) is 0 Å². The van der Waals surface area contributed by atoms with Crippen LogP contribution in [-0.2, 0) is 0 Å². The number of para-hydroxylation sites is 3. The molecule has 1 unspecified atom stereocenters. The molecule has 0 spiro atoms. The average molecular weight is 614 g/mol. The molecule has 1 N–H and O–H groups in total. The molecule has 0 saturated carbocycles. The van der Waals surface area contributed by atoms with Crippen molar-refractivity contribution in [2.24, 2.45) is 0 Å². The predicted octanol–water partition coefficient (Wildman–Crippen LogP) is 10.00. The van der Waals surface area contributed by atoms with Gasteiger partial charge in [0.25, 0.3) is 0 Å². The number of nitrogens with one attached hydrogen (secondary N) is 1. The molecule has 224 valence electrons. The van der Waals surface area contributed by atoms with Crippen LogP contribution < -0.4 is 5.32 Å². The number of nitriles is 2. The maximum Gasteiger partial charge on any atom is 0.125 e. The van der Waals surface area contributed by atoms with Crippen molar-refractivity contribution < 1.29 is 0 Å². The van der Waals surface area contributed by atoms with E-state index in [1.54, 1.807) is 0 Å². The summed E-state index contributed by atoms with van der Waals surface area (Å²) in [5.41, 5.74) is 9.59. The number of dihydropyridines is 1. The van der Waals surface area contributed by atoms with Crippen LogP contribution in [0.5, 0.6) is 0 Å². The molecular weight excluding hydrogens is 587 g/mol. The summed E-state index contributed by atoms with van der Waals surface area (Å²) in [6.45, 7) is 0. The van der Waals surface area contributed by atoms with Crippen molar-refractivity contribution >= 4 is 55.0 Å². The lowest BCUT2D eigenvalue weighted by Gasteiger charge is -2.29. The summed E-state index contributed by atoms with van der Waals surface area (Å²) in [6, 6.07) is 52.2. The van der Waals surface area contributed by atoms with Crippen molar-refractivity contribution in [3.05, 3.63) is 168 Å². The van der Waals surface area contributed by atoms with Crippen molar-refractivity contribution in [3.63, 3.8) is 0 Å². The van der Waals surface area contributed by atoms with Gasteiger partial charge in [0.05, 0.1) is 45.3 Å². The van der Waals surface area contributed by atoms with E-state index in [9.17, 15) is 10.5 Å². The number of benzene rings is 6. The topological polar surface area (TPSA) is 69.5 Å². The number of aromatic nitrogens is 2. The highest BCUT2D eigenvalue weighted by Gasteiger charge is 2.25. The molecule has 48 heavy (non-hydrogen) atoms. The third kappa shape index (κ3) is 4.16. The van der Waals surface area contributed by atoms with Gasteiger partial charge in [0.2, 0.25) is 0 Å². The first kappa shape index (κ1) is 27.5. The SMILES string of the molecule is N#Cc1ccc2c(c1)c1ccccc1n2C1C=C(c2ccccc2-c2ccccc2C#N)C=C(n2c3ccccc3c3ccccc32)N1. The maximum atomic E-state index is 10.0. The zero-order valence-electron chi connectivity index (χ0n) is 25.8. The number of nitrogens with zero attached hydrogens (tertiary/aromatic N) is 4. The number of rotatable bonds is 4. The quantitative estimate of drug-likeness (QED) is 0.215. The zero-order valence-corrected chi connectivity index (χ0v) is 25.8. The highest BCUT2D eigenvalue weighted by molar-refractivity contribution is 6.11. The minimum atomic E-state index is -0.283. The molecule has 2 aromatic heterocycles. The smallest absolute Gasteiger partial charge is 0.125 e. The van der Waals surface area contributed by atoms with Crippen molar-refractivity contribution in [1.82, 2.24) is 14.5 Å². The van der Waals surface area contributed by atoms with E-state index in [-0.39, 0.29) is 6.17 Å². The molecule has 3 heterocycles. The fourth-order valence-electron chi connectivity index (χ4n) is 7.38. The van der Waals surface area contributed by atoms with Crippen LogP contribution in [0.1, 0.15) is 22.9 Å². The zero-order chi connectivity index (χ0) is 32.2. The molecular formula is C43H27N5. The van der Waals surface area contributed by atoms with Crippen LogP contribution in [0.25, 0.3) is 66.1 Å². The molecule has 8 aromatic rings. The van der Waals surface area contributed by atoms with Gasteiger partial charge in [-0.1, -0.05) is 97.1 Å². The van der Waals surface area contributed by atoms with Gasteiger partial charge in [-0.05, 0) is 71.3 Å². The number of hydrogen-bond acceptors (Lipinski definition) is 3.